The Balaban J connectivity index is 4.49. The first kappa shape index (κ1) is 49.2. The van der Waals surface area contributed by atoms with Crippen molar-refractivity contribution in [1.82, 2.24) is 5.32 Å². The number of rotatable bonds is 32. The van der Waals surface area contributed by atoms with Crippen LogP contribution in [0.3, 0.4) is 0 Å². The lowest BCUT2D eigenvalue weighted by atomic mass is 10.1. The Bertz CT molecular complexity index is 1210. The maximum Gasteiger partial charge on any atom is 0.472 e. The summed E-state index contributed by atoms with van der Waals surface area (Å²) in [7, 11) is 1.49. The molecule has 294 valence electrons. The zero-order valence-corrected chi connectivity index (χ0v) is 33.9. The van der Waals surface area contributed by atoms with Gasteiger partial charge in [-0.1, -0.05) is 130 Å². The lowest BCUT2D eigenvalue weighted by Gasteiger charge is -2.25. The summed E-state index contributed by atoms with van der Waals surface area (Å²) in [6, 6.07) is -0.898. The minimum atomic E-state index is -4.36. The van der Waals surface area contributed by atoms with Crippen LogP contribution >= 0.6 is 7.82 Å². The second kappa shape index (κ2) is 34.0. The minimum Gasteiger partial charge on any atom is -0.387 e. The summed E-state index contributed by atoms with van der Waals surface area (Å²) in [5.74, 6) is -0.257. The molecule has 3 unspecified atom stereocenters. The Kier molecular flexibility index (Phi) is 32.1. The van der Waals surface area contributed by atoms with E-state index in [2.05, 4.69) is 116 Å². The topological polar surface area (TPSA) is 105 Å². The molecule has 0 saturated carbocycles. The van der Waals surface area contributed by atoms with Gasteiger partial charge in [0.05, 0.1) is 39.9 Å². The molecule has 0 bridgehead atoms. The van der Waals surface area contributed by atoms with Gasteiger partial charge in [0.1, 0.15) is 13.2 Å². The number of aliphatic hydroxyl groups excluding tert-OH is 1. The van der Waals surface area contributed by atoms with Gasteiger partial charge >= 0.3 is 7.82 Å². The fraction of sp³-hybridized carbons (Fsp3) is 0.558. The van der Waals surface area contributed by atoms with Gasteiger partial charge in [0, 0.05) is 6.42 Å². The maximum absolute atomic E-state index is 12.7. The first-order valence-corrected chi connectivity index (χ1v) is 20.8. The molecule has 0 saturated heterocycles. The molecule has 0 fully saturated rings. The highest BCUT2D eigenvalue weighted by Gasteiger charge is 2.27. The number of hydrogen-bond acceptors (Lipinski definition) is 5. The Morgan fingerprint density at radius 2 is 1.13 bits per heavy atom. The normalized spacial score (nSPS) is 15.8. The Labute approximate surface area is 317 Å². The highest BCUT2D eigenvalue weighted by molar-refractivity contribution is 7.47. The average molecular weight is 744 g/mol. The van der Waals surface area contributed by atoms with Crippen molar-refractivity contribution in [2.75, 3.05) is 40.9 Å². The largest absolute Gasteiger partial charge is 0.472 e. The van der Waals surface area contributed by atoms with Crippen molar-refractivity contribution in [3.8, 4) is 0 Å². The van der Waals surface area contributed by atoms with Crippen LogP contribution in [0.5, 0.6) is 0 Å². The number of nitrogens with zero attached hydrogens (tertiary/aromatic N) is 1. The number of quaternary nitrogens is 1. The van der Waals surface area contributed by atoms with E-state index in [1.807, 2.05) is 27.2 Å². The van der Waals surface area contributed by atoms with E-state index in [1.165, 1.54) is 0 Å². The number of allylic oxidation sites excluding steroid dienone is 17. The van der Waals surface area contributed by atoms with Crippen LogP contribution in [0.25, 0.3) is 0 Å². The third-order valence-electron chi connectivity index (χ3n) is 7.46. The Morgan fingerprint density at radius 1 is 0.673 bits per heavy atom. The molecule has 0 heterocycles. The van der Waals surface area contributed by atoms with Crippen molar-refractivity contribution in [3.05, 3.63) is 109 Å². The van der Waals surface area contributed by atoms with Gasteiger partial charge in [-0.15, -0.1) is 0 Å². The number of phosphoric acid groups is 1. The molecule has 3 N–H and O–H groups in total. The van der Waals surface area contributed by atoms with Crippen LogP contribution < -0.4 is 5.32 Å². The van der Waals surface area contributed by atoms with Gasteiger partial charge in [-0.25, -0.2) is 4.57 Å². The van der Waals surface area contributed by atoms with Gasteiger partial charge in [-0.2, -0.15) is 0 Å². The van der Waals surface area contributed by atoms with Crippen molar-refractivity contribution >= 4 is 13.7 Å². The molecule has 9 heteroatoms. The molecule has 0 aromatic carbocycles. The van der Waals surface area contributed by atoms with E-state index in [0.29, 0.717) is 17.4 Å². The number of amides is 1. The number of unbranched alkanes of at least 4 members (excludes halogenated alkanes) is 3. The molecule has 52 heavy (non-hydrogen) atoms. The summed E-state index contributed by atoms with van der Waals surface area (Å²) in [5.41, 5.74) is 0. The van der Waals surface area contributed by atoms with Crippen LogP contribution in [-0.2, 0) is 18.4 Å². The van der Waals surface area contributed by atoms with Crippen molar-refractivity contribution < 1.29 is 32.9 Å². The van der Waals surface area contributed by atoms with Gasteiger partial charge in [0.15, 0.2) is 0 Å². The third kappa shape index (κ3) is 35.6. The lowest BCUT2D eigenvalue weighted by Crippen LogP contribution is -2.45. The quantitative estimate of drug-likeness (QED) is 0.0274. The number of carbonyl (C=O) groups excluding carboxylic acids is 1. The molecule has 8 nitrogen and oxygen atoms in total. The molecule has 1 amide bonds. The highest BCUT2D eigenvalue weighted by Crippen LogP contribution is 2.43. The Morgan fingerprint density at radius 3 is 1.63 bits per heavy atom. The predicted molar refractivity (Wildman–Crippen MR) is 221 cm³/mol. The van der Waals surface area contributed by atoms with Crippen LogP contribution in [0, 0.1) is 0 Å². The van der Waals surface area contributed by atoms with Gasteiger partial charge in [-0.05, 0) is 77.0 Å². The first-order valence-electron chi connectivity index (χ1n) is 19.3. The van der Waals surface area contributed by atoms with Crippen LogP contribution in [0.4, 0.5) is 0 Å². The monoisotopic (exact) mass is 744 g/mol. The number of likely N-dealkylation sites (N-methyl/N-ethyl adjacent to an activating group) is 1. The molecular formula is C43H72N2O6P+. The van der Waals surface area contributed by atoms with Gasteiger partial charge in [0.25, 0.3) is 0 Å². The van der Waals surface area contributed by atoms with E-state index >= 15 is 0 Å². The molecular weight excluding hydrogens is 671 g/mol. The summed E-state index contributed by atoms with van der Waals surface area (Å²) in [4.78, 5) is 22.9. The summed E-state index contributed by atoms with van der Waals surface area (Å²) in [6.07, 6.45) is 49.1. The van der Waals surface area contributed by atoms with Crippen LogP contribution in [0.2, 0.25) is 0 Å². The molecule has 0 aliphatic rings. The number of phosphoric ester groups is 1. The van der Waals surface area contributed by atoms with Gasteiger partial charge < -0.3 is 19.8 Å². The maximum atomic E-state index is 12.7. The zero-order valence-electron chi connectivity index (χ0n) is 33.0. The summed E-state index contributed by atoms with van der Waals surface area (Å²) in [5, 5.41) is 13.6. The zero-order chi connectivity index (χ0) is 38.6. The van der Waals surface area contributed by atoms with Gasteiger partial charge in [-0.3, -0.25) is 13.8 Å². The second-order valence-corrected chi connectivity index (χ2v) is 15.0. The van der Waals surface area contributed by atoms with Crippen molar-refractivity contribution in [2.45, 2.75) is 116 Å². The van der Waals surface area contributed by atoms with Crippen LogP contribution in [0.1, 0.15) is 104 Å². The van der Waals surface area contributed by atoms with E-state index in [4.69, 9.17) is 9.05 Å². The number of nitrogens with one attached hydrogen (secondary N) is 1. The van der Waals surface area contributed by atoms with E-state index < -0.39 is 20.0 Å². The SMILES string of the molecule is CC/C=C\C/C=C\C/C=C\C/C=C\C/C=C\C/C=C\C/C=C\CCCC(=O)NC(COP(=O)(O)OCC[N+](C)(C)C)C(O)/C=C/CC/C=C/CCC. The summed E-state index contributed by atoms with van der Waals surface area (Å²) >= 11 is 0. The minimum absolute atomic E-state index is 0.0376. The van der Waals surface area contributed by atoms with Crippen LogP contribution in [0.15, 0.2) is 109 Å². The molecule has 0 radical (unpaired) electrons. The predicted octanol–water partition coefficient (Wildman–Crippen LogP) is 10.2. The van der Waals surface area contributed by atoms with Crippen molar-refractivity contribution in [1.29, 1.82) is 0 Å². The van der Waals surface area contributed by atoms with Crippen molar-refractivity contribution in [3.63, 3.8) is 0 Å². The third-order valence-corrected chi connectivity index (χ3v) is 8.44. The van der Waals surface area contributed by atoms with E-state index in [-0.39, 0.29) is 25.5 Å². The van der Waals surface area contributed by atoms with E-state index in [9.17, 15) is 19.4 Å². The smallest absolute Gasteiger partial charge is 0.387 e. The number of hydrogen-bond donors (Lipinski definition) is 3. The average Bonchev–Trinajstić information content (AvgIpc) is 3.09. The molecule has 0 spiro atoms. The molecule has 0 aliphatic heterocycles. The number of carbonyl (C=O) groups is 1. The lowest BCUT2D eigenvalue weighted by molar-refractivity contribution is -0.870. The van der Waals surface area contributed by atoms with Gasteiger partial charge in [0.2, 0.25) is 5.91 Å². The highest BCUT2D eigenvalue weighted by atomic mass is 31.2. The molecule has 0 rings (SSSR count). The molecule has 0 aromatic heterocycles. The Hall–Kier alpha value is -2.84. The van der Waals surface area contributed by atoms with Crippen molar-refractivity contribution in [2.24, 2.45) is 0 Å². The second-order valence-electron chi connectivity index (χ2n) is 13.6. The molecule has 3 atom stereocenters. The summed E-state index contributed by atoms with van der Waals surface area (Å²) < 4.78 is 23.3. The summed E-state index contributed by atoms with van der Waals surface area (Å²) in [6.45, 7) is 4.47. The van der Waals surface area contributed by atoms with E-state index in [0.717, 1.165) is 77.0 Å². The fourth-order valence-electron chi connectivity index (χ4n) is 4.40. The standard InChI is InChI=1S/C43H71N2O6P/c1-6-8-10-12-14-15-16-17-18-19-20-21-22-23-24-25-26-27-28-29-31-33-35-37-43(47)44-41(42(46)36-34-32-30-13-11-9-7-2)40-51-52(48,49)50-39-38-45(3,4)5/h8,10-11,13-15,17-18,20-21,23-24,26-27,29,31,34,36,41-42,46H,6-7,9,12,16,19,22,25,28,30,32-33,35,37-40H2,1-5H3,(H-,44,47,48,49)/p+1/b10-8-,13-11+,15-14-,18-17-,21-20-,24-23-,27-26-,31-29-,36-34+. The molecule has 0 aliphatic carbocycles. The van der Waals surface area contributed by atoms with Crippen LogP contribution in [-0.4, -0.2) is 73.4 Å². The number of aliphatic hydroxyl groups is 1. The fourth-order valence-corrected chi connectivity index (χ4v) is 5.14. The van der Waals surface area contributed by atoms with E-state index in [1.54, 1.807) is 6.08 Å². The molecule has 0 aromatic rings. The first-order chi connectivity index (χ1) is 25.0.